The summed E-state index contributed by atoms with van der Waals surface area (Å²) in [5, 5.41) is 2.45. The Morgan fingerprint density at radius 2 is 1.71 bits per heavy atom. The van der Waals surface area contributed by atoms with Crippen LogP contribution in [0.3, 0.4) is 0 Å². The van der Waals surface area contributed by atoms with Crippen LogP contribution in [0.4, 0.5) is 10.1 Å². The van der Waals surface area contributed by atoms with E-state index in [1.807, 2.05) is 18.2 Å². The van der Waals surface area contributed by atoms with Crippen molar-refractivity contribution in [3.63, 3.8) is 0 Å². The summed E-state index contributed by atoms with van der Waals surface area (Å²) in [5.74, 6) is -1.23. The molecule has 0 heterocycles. The summed E-state index contributed by atoms with van der Waals surface area (Å²) in [7, 11) is -3.81. The SMILES string of the molecule is O=C(Nc1ccc(Cl)c(F)c1)c1cccc(S(=O)(=O)NCc2ccccc2)c1. The van der Waals surface area contributed by atoms with Crippen molar-refractivity contribution in [2.75, 3.05) is 5.32 Å². The largest absolute Gasteiger partial charge is 0.322 e. The van der Waals surface area contributed by atoms with Gasteiger partial charge in [0.2, 0.25) is 10.0 Å². The van der Waals surface area contributed by atoms with Crippen LogP contribution in [0.25, 0.3) is 0 Å². The first-order valence-corrected chi connectivity index (χ1v) is 10.1. The van der Waals surface area contributed by atoms with Gasteiger partial charge in [0.1, 0.15) is 5.82 Å². The van der Waals surface area contributed by atoms with Gasteiger partial charge in [0.25, 0.3) is 5.91 Å². The molecule has 3 aromatic carbocycles. The van der Waals surface area contributed by atoms with Gasteiger partial charge in [-0.05, 0) is 42.0 Å². The number of anilines is 1. The van der Waals surface area contributed by atoms with Gasteiger partial charge in [-0.15, -0.1) is 0 Å². The molecule has 0 bridgehead atoms. The number of rotatable bonds is 6. The van der Waals surface area contributed by atoms with Crippen LogP contribution in [-0.4, -0.2) is 14.3 Å². The summed E-state index contributed by atoms with van der Waals surface area (Å²) in [6, 6.07) is 18.5. The zero-order chi connectivity index (χ0) is 20.1. The molecule has 0 atom stereocenters. The van der Waals surface area contributed by atoms with Crippen LogP contribution >= 0.6 is 11.6 Å². The molecule has 144 valence electrons. The number of sulfonamides is 1. The summed E-state index contributed by atoms with van der Waals surface area (Å²) in [6.45, 7) is 0.129. The molecule has 0 aliphatic rings. The van der Waals surface area contributed by atoms with Crippen LogP contribution in [0, 0.1) is 5.82 Å². The predicted octanol–water partition coefficient (Wildman–Crippen LogP) is 4.21. The minimum Gasteiger partial charge on any atom is -0.322 e. The van der Waals surface area contributed by atoms with Crippen molar-refractivity contribution in [2.45, 2.75) is 11.4 Å². The lowest BCUT2D eigenvalue weighted by atomic mass is 10.2. The summed E-state index contributed by atoms with van der Waals surface area (Å²) >= 11 is 5.62. The van der Waals surface area contributed by atoms with Gasteiger partial charge in [-0.25, -0.2) is 17.5 Å². The third-order valence-electron chi connectivity index (χ3n) is 3.89. The van der Waals surface area contributed by atoms with E-state index in [2.05, 4.69) is 10.0 Å². The Hall–Kier alpha value is -2.74. The smallest absolute Gasteiger partial charge is 0.255 e. The van der Waals surface area contributed by atoms with Gasteiger partial charge in [-0.3, -0.25) is 4.79 Å². The zero-order valence-corrected chi connectivity index (χ0v) is 16.1. The molecule has 0 fully saturated rings. The van der Waals surface area contributed by atoms with Gasteiger partial charge in [-0.1, -0.05) is 48.0 Å². The Kier molecular flexibility index (Phi) is 6.08. The highest BCUT2D eigenvalue weighted by Gasteiger charge is 2.16. The fourth-order valence-corrected chi connectivity index (χ4v) is 3.62. The average molecular weight is 419 g/mol. The van der Waals surface area contributed by atoms with Crippen LogP contribution in [0.2, 0.25) is 5.02 Å². The minimum absolute atomic E-state index is 0.0432. The molecular weight excluding hydrogens is 403 g/mol. The summed E-state index contributed by atoms with van der Waals surface area (Å²) in [4.78, 5) is 12.3. The van der Waals surface area contributed by atoms with E-state index in [1.54, 1.807) is 12.1 Å². The molecule has 0 spiro atoms. The van der Waals surface area contributed by atoms with Crippen molar-refractivity contribution in [3.05, 3.63) is 94.8 Å². The lowest BCUT2D eigenvalue weighted by molar-refractivity contribution is 0.102. The monoisotopic (exact) mass is 418 g/mol. The number of hydrogen-bond donors (Lipinski definition) is 2. The molecule has 0 aromatic heterocycles. The van der Waals surface area contributed by atoms with Crippen LogP contribution in [0.15, 0.2) is 77.7 Å². The first kappa shape index (κ1) is 20.0. The van der Waals surface area contributed by atoms with Gasteiger partial charge in [0.05, 0.1) is 9.92 Å². The summed E-state index contributed by atoms with van der Waals surface area (Å²) in [5.41, 5.74) is 1.14. The molecule has 0 aliphatic carbocycles. The maximum Gasteiger partial charge on any atom is 0.255 e. The normalized spacial score (nSPS) is 11.2. The predicted molar refractivity (Wildman–Crippen MR) is 106 cm³/mol. The van der Waals surface area contributed by atoms with E-state index in [1.165, 1.54) is 36.4 Å². The standard InChI is InChI=1S/C20H16ClFN2O3S/c21-18-10-9-16(12-19(18)22)24-20(25)15-7-4-8-17(11-15)28(26,27)23-13-14-5-2-1-3-6-14/h1-12,23H,13H2,(H,24,25). The molecule has 0 saturated heterocycles. The molecule has 1 amide bonds. The highest BCUT2D eigenvalue weighted by atomic mass is 35.5. The number of hydrogen-bond acceptors (Lipinski definition) is 3. The topological polar surface area (TPSA) is 75.3 Å². The molecule has 0 saturated carbocycles. The molecule has 0 aliphatic heterocycles. The van der Waals surface area contributed by atoms with Crippen LogP contribution in [-0.2, 0) is 16.6 Å². The number of carbonyl (C=O) groups excluding carboxylic acids is 1. The fraction of sp³-hybridized carbons (Fsp3) is 0.0500. The van der Waals surface area contributed by atoms with E-state index in [-0.39, 0.29) is 27.7 Å². The van der Waals surface area contributed by atoms with Gasteiger partial charge < -0.3 is 5.32 Å². The second kappa shape index (κ2) is 8.52. The van der Waals surface area contributed by atoms with Gasteiger partial charge in [0, 0.05) is 17.8 Å². The van der Waals surface area contributed by atoms with Crippen molar-refractivity contribution in [1.29, 1.82) is 0 Å². The van der Waals surface area contributed by atoms with E-state index < -0.39 is 21.7 Å². The maximum absolute atomic E-state index is 13.5. The van der Waals surface area contributed by atoms with E-state index >= 15 is 0 Å². The highest BCUT2D eigenvalue weighted by Crippen LogP contribution is 2.20. The van der Waals surface area contributed by atoms with Crippen molar-refractivity contribution < 1.29 is 17.6 Å². The summed E-state index contributed by atoms with van der Waals surface area (Å²) < 4.78 is 41.0. The number of benzene rings is 3. The van der Waals surface area contributed by atoms with Crippen LogP contribution < -0.4 is 10.0 Å². The summed E-state index contributed by atoms with van der Waals surface area (Å²) in [6.07, 6.45) is 0. The Morgan fingerprint density at radius 1 is 0.964 bits per heavy atom. The molecule has 3 aromatic rings. The Bertz CT molecular complexity index is 1110. The van der Waals surface area contributed by atoms with Crippen molar-refractivity contribution >= 4 is 33.2 Å². The average Bonchev–Trinajstić information content (AvgIpc) is 2.70. The lowest BCUT2D eigenvalue weighted by Gasteiger charge is -2.09. The lowest BCUT2D eigenvalue weighted by Crippen LogP contribution is -2.23. The van der Waals surface area contributed by atoms with Crippen molar-refractivity contribution in [2.24, 2.45) is 0 Å². The molecule has 0 radical (unpaired) electrons. The quantitative estimate of drug-likeness (QED) is 0.629. The van der Waals surface area contributed by atoms with E-state index in [9.17, 15) is 17.6 Å². The first-order valence-electron chi connectivity index (χ1n) is 8.25. The third-order valence-corrected chi connectivity index (χ3v) is 5.60. The Morgan fingerprint density at radius 3 is 2.43 bits per heavy atom. The highest BCUT2D eigenvalue weighted by molar-refractivity contribution is 7.89. The minimum atomic E-state index is -3.81. The third kappa shape index (κ3) is 4.95. The van der Waals surface area contributed by atoms with Crippen LogP contribution in [0.5, 0.6) is 0 Å². The molecule has 8 heteroatoms. The maximum atomic E-state index is 13.5. The molecule has 0 unspecified atom stereocenters. The number of amides is 1. The molecule has 3 rings (SSSR count). The molecule has 28 heavy (non-hydrogen) atoms. The second-order valence-electron chi connectivity index (χ2n) is 5.92. The fourth-order valence-electron chi connectivity index (χ4n) is 2.44. The second-order valence-corrected chi connectivity index (χ2v) is 8.10. The Balaban J connectivity index is 1.75. The number of carbonyl (C=O) groups is 1. The number of halogens is 2. The molecule has 5 nitrogen and oxygen atoms in total. The molecule has 2 N–H and O–H groups in total. The van der Waals surface area contributed by atoms with Crippen LogP contribution in [0.1, 0.15) is 15.9 Å². The van der Waals surface area contributed by atoms with E-state index in [4.69, 9.17) is 11.6 Å². The Labute approximate surface area is 167 Å². The first-order chi connectivity index (χ1) is 13.3. The molecular formula is C20H16ClFN2O3S. The van der Waals surface area contributed by atoms with E-state index in [0.29, 0.717) is 0 Å². The van der Waals surface area contributed by atoms with Gasteiger partial charge in [-0.2, -0.15) is 0 Å². The zero-order valence-electron chi connectivity index (χ0n) is 14.5. The van der Waals surface area contributed by atoms with Crippen molar-refractivity contribution in [1.82, 2.24) is 4.72 Å². The number of nitrogens with one attached hydrogen (secondary N) is 2. The van der Waals surface area contributed by atoms with Gasteiger partial charge in [0.15, 0.2) is 0 Å². The van der Waals surface area contributed by atoms with Crippen molar-refractivity contribution in [3.8, 4) is 0 Å². The van der Waals surface area contributed by atoms with Gasteiger partial charge >= 0.3 is 0 Å². The van der Waals surface area contributed by atoms with E-state index in [0.717, 1.165) is 11.6 Å².